The van der Waals surface area contributed by atoms with Crippen LogP contribution in [0.1, 0.15) is 37.6 Å². The van der Waals surface area contributed by atoms with Gasteiger partial charge < -0.3 is 20.4 Å². The zero-order chi connectivity index (χ0) is 20.9. The number of rotatable bonds is 9. The Morgan fingerprint density at radius 3 is 2.07 bits per heavy atom. The molecule has 1 heterocycles. The van der Waals surface area contributed by atoms with Crippen LogP contribution in [0.15, 0.2) is 69.0 Å². The van der Waals surface area contributed by atoms with Crippen molar-refractivity contribution in [2.24, 2.45) is 5.73 Å². The minimum atomic E-state index is -0.922. The average Bonchev–Trinajstić information content (AvgIpc) is 3.24. The summed E-state index contributed by atoms with van der Waals surface area (Å²) >= 11 is 1.69. The second-order valence-electron chi connectivity index (χ2n) is 7.67. The molecular weight excluding hydrogens is 420 g/mol. The van der Waals surface area contributed by atoms with E-state index in [1.165, 1.54) is 0 Å². The number of nitrogens with zero attached hydrogens (tertiary/aromatic N) is 1. The first-order chi connectivity index (χ1) is 13.9. The quantitative estimate of drug-likeness (QED) is 0.441. The normalized spacial score (nSPS) is 11.5. The fraction of sp³-hybridized carbons (Fsp3) is 0.348. The van der Waals surface area contributed by atoms with E-state index in [1.807, 2.05) is 0 Å². The number of aliphatic hydroxyl groups excluding tert-OH is 2. The molecular formula is C23H29ClN2O3S. The Labute approximate surface area is 188 Å². The maximum atomic E-state index is 9.29. The average molecular weight is 449 g/mol. The highest BCUT2D eigenvalue weighted by Crippen LogP contribution is 2.30. The second kappa shape index (κ2) is 11.0. The molecule has 0 radical (unpaired) electrons. The van der Waals surface area contributed by atoms with Crippen molar-refractivity contribution in [2.75, 3.05) is 13.2 Å². The maximum Gasteiger partial charge on any atom is 0.197 e. The lowest BCUT2D eigenvalue weighted by Gasteiger charge is -2.24. The Hall–Kier alpha value is -1.83. The molecule has 0 fully saturated rings. The van der Waals surface area contributed by atoms with Gasteiger partial charge >= 0.3 is 0 Å². The third-order valence-electron chi connectivity index (χ3n) is 4.87. The zero-order valence-corrected chi connectivity index (χ0v) is 18.9. The minimum absolute atomic E-state index is 0. The summed E-state index contributed by atoms with van der Waals surface area (Å²) in [6.07, 6.45) is 2.96. The molecule has 1 aromatic heterocycles. The number of hydrogen-bond acceptors (Lipinski definition) is 6. The Kier molecular flexibility index (Phi) is 8.94. The molecule has 30 heavy (non-hydrogen) atoms. The van der Waals surface area contributed by atoms with E-state index in [1.54, 1.807) is 18.0 Å². The van der Waals surface area contributed by atoms with E-state index in [0.29, 0.717) is 12.8 Å². The summed E-state index contributed by atoms with van der Waals surface area (Å²) in [5.41, 5.74) is 8.04. The minimum Gasteiger partial charge on any atom is -0.448 e. The van der Waals surface area contributed by atoms with Gasteiger partial charge in [-0.05, 0) is 42.7 Å². The Balaban J connectivity index is 0.00000320. The summed E-state index contributed by atoms with van der Waals surface area (Å²) in [6.45, 7) is 3.68. The van der Waals surface area contributed by atoms with E-state index in [0.717, 1.165) is 32.5 Å². The topological polar surface area (TPSA) is 92.5 Å². The first-order valence-electron chi connectivity index (χ1n) is 9.76. The van der Waals surface area contributed by atoms with E-state index in [-0.39, 0.29) is 31.5 Å². The molecule has 0 saturated heterocycles. The Morgan fingerprint density at radius 2 is 1.57 bits per heavy atom. The predicted octanol–water partition coefficient (Wildman–Crippen LogP) is 4.65. The van der Waals surface area contributed by atoms with Crippen molar-refractivity contribution in [1.82, 2.24) is 4.98 Å². The lowest BCUT2D eigenvalue weighted by molar-refractivity contribution is 0.115. The number of benzene rings is 2. The largest absolute Gasteiger partial charge is 0.448 e. The Morgan fingerprint density at radius 1 is 1.00 bits per heavy atom. The van der Waals surface area contributed by atoms with Gasteiger partial charge in [0, 0.05) is 21.3 Å². The Bertz CT molecular complexity index is 907. The van der Waals surface area contributed by atoms with Gasteiger partial charge in [-0.15, -0.1) is 12.4 Å². The second-order valence-corrected chi connectivity index (χ2v) is 8.82. The highest BCUT2D eigenvalue weighted by molar-refractivity contribution is 7.99. The fourth-order valence-corrected chi connectivity index (χ4v) is 3.66. The summed E-state index contributed by atoms with van der Waals surface area (Å²) in [5, 5.41) is 18.6. The molecule has 0 amide bonds. The van der Waals surface area contributed by atoms with Crippen LogP contribution >= 0.6 is 24.2 Å². The number of halogens is 1. The van der Waals surface area contributed by atoms with Crippen LogP contribution < -0.4 is 5.73 Å². The van der Waals surface area contributed by atoms with Crippen LogP contribution in [-0.4, -0.2) is 33.9 Å². The van der Waals surface area contributed by atoms with E-state index >= 15 is 0 Å². The predicted molar refractivity (Wildman–Crippen MR) is 123 cm³/mol. The van der Waals surface area contributed by atoms with E-state index in [9.17, 15) is 10.2 Å². The van der Waals surface area contributed by atoms with E-state index < -0.39 is 5.54 Å². The molecule has 0 aliphatic carbocycles. The molecule has 0 bridgehead atoms. The maximum absolute atomic E-state index is 9.29. The summed E-state index contributed by atoms with van der Waals surface area (Å²) in [4.78, 5) is 6.83. The molecule has 0 aliphatic rings. The van der Waals surface area contributed by atoms with Crippen LogP contribution in [-0.2, 0) is 6.42 Å². The van der Waals surface area contributed by atoms with Gasteiger partial charge in [0.15, 0.2) is 5.89 Å². The molecule has 3 rings (SSSR count). The van der Waals surface area contributed by atoms with Gasteiger partial charge in [-0.2, -0.15) is 0 Å². The number of aryl methyl sites for hydroxylation is 1. The number of aliphatic hydroxyl groups is 2. The van der Waals surface area contributed by atoms with Crippen LogP contribution in [0.4, 0.5) is 0 Å². The smallest absolute Gasteiger partial charge is 0.197 e. The van der Waals surface area contributed by atoms with Crippen LogP contribution in [0.2, 0.25) is 0 Å². The van der Waals surface area contributed by atoms with Crippen molar-refractivity contribution in [1.29, 1.82) is 0 Å². The van der Waals surface area contributed by atoms with Crippen molar-refractivity contribution < 1.29 is 14.6 Å². The molecule has 0 aliphatic heterocycles. The lowest BCUT2D eigenvalue weighted by atomic mass is 9.94. The van der Waals surface area contributed by atoms with Crippen LogP contribution in [0.25, 0.3) is 11.3 Å². The molecule has 0 unspecified atom stereocenters. The zero-order valence-electron chi connectivity index (χ0n) is 17.2. The van der Waals surface area contributed by atoms with Gasteiger partial charge in [-0.1, -0.05) is 49.9 Å². The van der Waals surface area contributed by atoms with Gasteiger partial charge in [-0.25, -0.2) is 4.98 Å². The van der Waals surface area contributed by atoms with Gasteiger partial charge in [0.25, 0.3) is 0 Å². The highest BCUT2D eigenvalue weighted by Gasteiger charge is 2.22. The number of nitrogens with two attached hydrogens (primary N) is 1. The van der Waals surface area contributed by atoms with E-state index in [2.05, 4.69) is 67.4 Å². The number of oxazole rings is 1. The first kappa shape index (κ1) is 24.4. The standard InChI is InChI=1S/C23H28N2O3S.ClH/c1-16(2)22-25-21(13-28-22)18-5-9-20(10-6-18)29-19-7-3-17(4-8-19)11-12-23(24,14-26)15-27;/h3-10,13,16,26-27H,11-12,14-15,24H2,1-2H3;1H. The van der Waals surface area contributed by atoms with Crippen molar-refractivity contribution in [2.45, 2.75) is 47.9 Å². The van der Waals surface area contributed by atoms with Crippen molar-refractivity contribution in [3.63, 3.8) is 0 Å². The molecule has 3 aromatic rings. The molecule has 0 spiro atoms. The summed E-state index contributed by atoms with van der Waals surface area (Å²) in [6, 6.07) is 16.6. The SMILES string of the molecule is CC(C)c1nc(-c2ccc(Sc3ccc(CCC(N)(CO)CO)cc3)cc2)co1.Cl. The van der Waals surface area contributed by atoms with Gasteiger partial charge in [0.05, 0.1) is 18.8 Å². The third kappa shape index (κ3) is 6.33. The third-order valence-corrected chi connectivity index (χ3v) is 5.88. The summed E-state index contributed by atoms with van der Waals surface area (Å²) in [5.74, 6) is 1.03. The first-order valence-corrected chi connectivity index (χ1v) is 10.6. The molecule has 2 aromatic carbocycles. The highest BCUT2D eigenvalue weighted by atomic mass is 35.5. The van der Waals surface area contributed by atoms with Crippen molar-refractivity contribution in [3.05, 3.63) is 66.2 Å². The van der Waals surface area contributed by atoms with Crippen molar-refractivity contribution in [3.8, 4) is 11.3 Å². The van der Waals surface area contributed by atoms with Crippen molar-refractivity contribution >= 4 is 24.2 Å². The molecule has 162 valence electrons. The van der Waals surface area contributed by atoms with Crippen LogP contribution in [0.5, 0.6) is 0 Å². The van der Waals surface area contributed by atoms with Gasteiger partial charge in [0.1, 0.15) is 12.0 Å². The van der Waals surface area contributed by atoms with E-state index in [4.69, 9.17) is 10.2 Å². The molecule has 0 atom stereocenters. The molecule has 4 N–H and O–H groups in total. The summed E-state index contributed by atoms with van der Waals surface area (Å²) < 4.78 is 5.52. The molecule has 5 nitrogen and oxygen atoms in total. The molecule has 0 saturated carbocycles. The van der Waals surface area contributed by atoms with Gasteiger partial charge in [0.2, 0.25) is 0 Å². The van der Waals surface area contributed by atoms with Crippen LogP contribution in [0, 0.1) is 0 Å². The number of hydrogen-bond donors (Lipinski definition) is 3. The van der Waals surface area contributed by atoms with Crippen LogP contribution in [0.3, 0.4) is 0 Å². The lowest BCUT2D eigenvalue weighted by Crippen LogP contribution is -2.47. The fourth-order valence-electron chi connectivity index (χ4n) is 2.84. The summed E-state index contributed by atoms with van der Waals surface area (Å²) in [7, 11) is 0. The monoisotopic (exact) mass is 448 g/mol. The number of aromatic nitrogens is 1. The van der Waals surface area contributed by atoms with Gasteiger partial charge in [-0.3, -0.25) is 0 Å². The molecule has 7 heteroatoms.